The minimum absolute atomic E-state index is 0.0110. The molecule has 0 aromatic heterocycles. The molecule has 0 aliphatic heterocycles. The average Bonchev–Trinajstić information content (AvgIpc) is 2.30. The maximum absolute atomic E-state index is 11.8. The van der Waals surface area contributed by atoms with Gasteiger partial charge in [-0.1, -0.05) is 29.8 Å². The number of ketones is 1. The zero-order valence-corrected chi connectivity index (χ0v) is 11.6. The lowest BCUT2D eigenvalue weighted by molar-refractivity contribution is -0.116. The van der Waals surface area contributed by atoms with Crippen LogP contribution < -0.4 is 5.73 Å². The Morgan fingerprint density at radius 1 is 1.29 bits per heavy atom. The maximum Gasteiger partial charge on any atom is 0.147 e. The summed E-state index contributed by atoms with van der Waals surface area (Å²) < 4.78 is -0.0110. The third kappa shape index (κ3) is 5.37. The van der Waals surface area contributed by atoms with Crippen LogP contribution in [0, 0.1) is 6.92 Å². The number of hydrogen-bond donors (Lipinski definition) is 1. The second-order valence-corrected chi connectivity index (χ2v) is 6.64. The first-order valence-electron chi connectivity index (χ1n) is 5.84. The molecule has 0 saturated carbocycles. The van der Waals surface area contributed by atoms with Gasteiger partial charge in [0.1, 0.15) is 5.78 Å². The Kier molecular flexibility index (Phi) is 5.22. The highest BCUT2D eigenvalue weighted by Crippen LogP contribution is 2.23. The zero-order chi connectivity index (χ0) is 12.9. The van der Waals surface area contributed by atoms with Gasteiger partial charge in [0.2, 0.25) is 0 Å². The molecule has 2 nitrogen and oxygen atoms in total. The van der Waals surface area contributed by atoms with Crippen LogP contribution in [0.25, 0.3) is 0 Å². The van der Waals surface area contributed by atoms with Crippen molar-refractivity contribution < 1.29 is 4.79 Å². The van der Waals surface area contributed by atoms with E-state index in [4.69, 9.17) is 5.73 Å². The van der Waals surface area contributed by atoms with Crippen LogP contribution in [0.2, 0.25) is 0 Å². The lowest BCUT2D eigenvalue weighted by atomic mass is 10.1. The van der Waals surface area contributed by atoms with Gasteiger partial charge in [0.05, 0.1) is 5.75 Å². The fourth-order valence-electron chi connectivity index (χ4n) is 1.32. The summed E-state index contributed by atoms with van der Waals surface area (Å²) in [7, 11) is 0. The third-order valence-corrected chi connectivity index (χ3v) is 4.05. The van der Waals surface area contributed by atoms with Crippen molar-refractivity contribution in [2.75, 3.05) is 12.3 Å². The molecule has 0 heterocycles. The molecule has 0 amide bonds. The topological polar surface area (TPSA) is 43.1 Å². The second-order valence-electron chi connectivity index (χ2n) is 4.95. The Morgan fingerprint density at radius 2 is 1.88 bits per heavy atom. The predicted octanol–water partition coefficient (Wildman–Crippen LogP) is 2.58. The van der Waals surface area contributed by atoms with Crippen molar-refractivity contribution in [3.8, 4) is 0 Å². The average molecular weight is 251 g/mol. The number of aryl methyl sites for hydroxylation is 1. The van der Waals surface area contributed by atoms with E-state index < -0.39 is 0 Å². The Balaban J connectivity index is 2.42. The first kappa shape index (κ1) is 14.3. The van der Waals surface area contributed by atoms with E-state index in [0.717, 1.165) is 5.56 Å². The summed E-state index contributed by atoms with van der Waals surface area (Å²) in [5.74, 6) is 0.804. The van der Waals surface area contributed by atoms with Crippen molar-refractivity contribution in [2.24, 2.45) is 5.73 Å². The zero-order valence-electron chi connectivity index (χ0n) is 10.8. The van der Waals surface area contributed by atoms with Gasteiger partial charge < -0.3 is 5.73 Å². The van der Waals surface area contributed by atoms with Crippen LogP contribution in [0.3, 0.4) is 0 Å². The fraction of sp³-hybridized carbons (Fsp3) is 0.500. The van der Waals surface area contributed by atoms with E-state index in [1.807, 2.05) is 31.2 Å². The van der Waals surface area contributed by atoms with E-state index in [-0.39, 0.29) is 10.5 Å². The van der Waals surface area contributed by atoms with Crippen molar-refractivity contribution in [1.82, 2.24) is 0 Å². The van der Waals surface area contributed by atoms with Crippen LogP contribution in [0.1, 0.15) is 25.0 Å². The van der Waals surface area contributed by atoms with Gasteiger partial charge in [-0.2, -0.15) is 0 Å². The molecule has 1 aromatic carbocycles. The summed E-state index contributed by atoms with van der Waals surface area (Å²) in [5.41, 5.74) is 7.94. The van der Waals surface area contributed by atoms with Crippen LogP contribution >= 0.6 is 11.8 Å². The largest absolute Gasteiger partial charge is 0.329 e. The summed E-state index contributed by atoms with van der Waals surface area (Å²) in [4.78, 5) is 11.8. The van der Waals surface area contributed by atoms with E-state index >= 15 is 0 Å². The van der Waals surface area contributed by atoms with Gasteiger partial charge in [-0.3, -0.25) is 4.79 Å². The Hall–Kier alpha value is -0.800. The predicted molar refractivity (Wildman–Crippen MR) is 75.5 cm³/mol. The summed E-state index contributed by atoms with van der Waals surface area (Å²) in [6.45, 7) is 6.77. The monoisotopic (exact) mass is 251 g/mol. The lowest BCUT2D eigenvalue weighted by Crippen LogP contribution is -2.28. The molecule has 2 N–H and O–H groups in total. The van der Waals surface area contributed by atoms with Crippen LogP contribution in [0.15, 0.2) is 24.3 Å². The number of Topliss-reactive ketones (excluding diaryl/α,β-unsaturated/α-hetero) is 1. The normalized spacial score (nSPS) is 11.5. The molecule has 0 spiro atoms. The van der Waals surface area contributed by atoms with E-state index in [0.29, 0.717) is 18.7 Å². The molecule has 0 bridgehead atoms. The van der Waals surface area contributed by atoms with E-state index in [1.165, 1.54) is 5.56 Å². The van der Waals surface area contributed by atoms with Gasteiger partial charge in [0.15, 0.2) is 0 Å². The van der Waals surface area contributed by atoms with Gasteiger partial charge in [0.25, 0.3) is 0 Å². The highest BCUT2D eigenvalue weighted by Gasteiger charge is 2.17. The number of hydrogen-bond acceptors (Lipinski definition) is 3. The van der Waals surface area contributed by atoms with Gasteiger partial charge in [-0.05, 0) is 26.3 Å². The van der Waals surface area contributed by atoms with Crippen molar-refractivity contribution >= 4 is 17.5 Å². The molecule has 0 unspecified atom stereocenters. The number of nitrogens with two attached hydrogens (primary N) is 1. The summed E-state index contributed by atoms with van der Waals surface area (Å²) in [6, 6.07) is 8.12. The number of rotatable bonds is 6. The lowest BCUT2D eigenvalue weighted by Gasteiger charge is -2.20. The van der Waals surface area contributed by atoms with E-state index in [9.17, 15) is 4.79 Å². The van der Waals surface area contributed by atoms with Crippen LogP contribution in [0.4, 0.5) is 0 Å². The molecular weight excluding hydrogens is 230 g/mol. The molecule has 1 aromatic rings. The maximum atomic E-state index is 11.8. The molecule has 0 atom stereocenters. The number of thioether (sulfide) groups is 1. The number of benzene rings is 1. The van der Waals surface area contributed by atoms with Crippen molar-refractivity contribution in [3.05, 3.63) is 35.4 Å². The molecule has 17 heavy (non-hydrogen) atoms. The summed E-state index contributed by atoms with van der Waals surface area (Å²) in [6.07, 6.45) is 0.522. The molecule has 94 valence electrons. The van der Waals surface area contributed by atoms with E-state index in [2.05, 4.69) is 13.8 Å². The van der Waals surface area contributed by atoms with Crippen LogP contribution in [-0.4, -0.2) is 22.8 Å². The quantitative estimate of drug-likeness (QED) is 0.845. The Labute approximate surface area is 108 Å². The minimum atomic E-state index is -0.0110. The number of carbonyl (C=O) groups excluding carboxylic acids is 1. The summed E-state index contributed by atoms with van der Waals surface area (Å²) >= 11 is 1.63. The highest BCUT2D eigenvalue weighted by molar-refractivity contribution is 8.01. The highest BCUT2D eigenvalue weighted by atomic mass is 32.2. The molecule has 0 fully saturated rings. The molecule has 0 saturated heterocycles. The van der Waals surface area contributed by atoms with E-state index in [1.54, 1.807) is 11.8 Å². The first-order valence-corrected chi connectivity index (χ1v) is 6.83. The van der Waals surface area contributed by atoms with Gasteiger partial charge >= 0.3 is 0 Å². The second kappa shape index (κ2) is 6.22. The molecule has 0 aliphatic carbocycles. The molecule has 0 radical (unpaired) electrons. The van der Waals surface area contributed by atoms with Crippen LogP contribution in [0.5, 0.6) is 0 Å². The molecule has 3 heteroatoms. The molecule has 0 aliphatic rings. The van der Waals surface area contributed by atoms with Crippen molar-refractivity contribution in [3.63, 3.8) is 0 Å². The van der Waals surface area contributed by atoms with Gasteiger partial charge in [-0.15, -0.1) is 11.8 Å². The fourth-order valence-corrected chi connectivity index (χ4v) is 2.09. The first-order chi connectivity index (χ1) is 7.93. The standard InChI is InChI=1S/C14H21NOS/c1-11-4-6-12(7-5-11)8-13(16)9-17-14(2,3)10-15/h4-7H,8-10,15H2,1-3H3. The molecular formula is C14H21NOS. The summed E-state index contributed by atoms with van der Waals surface area (Å²) in [5, 5.41) is 0. The Morgan fingerprint density at radius 3 is 2.41 bits per heavy atom. The van der Waals surface area contributed by atoms with Crippen molar-refractivity contribution in [2.45, 2.75) is 31.9 Å². The van der Waals surface area contributed by atoms with Gasteiger partial charge in [-0.25, -0.2) is 0 Å². The minimum Gasteiger partial charge on any atom is -0.329 e. The molecule has 1 rings (SSSR count). The van der Waals surface area contributed by atoms with Crippen molar-refractivity contribution in [1.29, 1.82) is 0 Å². The third-order valence-electron chi connectivity index (χ3n) is 2.64. The Bertz CT molecular complexity index is 370. The number of carbonyl (C=O) groups is 1. The van der Waals surface area contributed by atoms with Gasteiger partial charge in [0, 0.05) is 17.7 Å². The SMILES string of the molecule is Cc1ccc(CC(=O)CSC(C)(C)CN)cc1. The smallest absolute Gasteiger partial charge is 0.147 e. The van der Waals surface area contributed by atoms with Crippen LogP contribution in [-0.2, 0) is 11.2 Å².